The van der Waals surface area contributed by atoms with Crippen molar-refractivity contribution < 1.29 is 52.6 Å². The first-order chi connectivity index (χ1) is 17.6. The Bertz CT molecular complexity index is 858. The van der Waals surface area contributed by atoms with E-state index in [0.29, 0.717) is 5.57 Å². The van der Waals surface area contributed by atoms with Crippen molar-refractivity contribution in [2.45, 2.75) is 95.3 Å². The number of hydrogen-bond acceptors (Lipinski definition) is 10. The summed E-state index contributed by atoms with van der Waals surface area (Å²) in [5.74, 6) is -3.38. The van der Waals surface area contributed by atoms with Gasteiger partial charge in [0, 0.05) is 38.3 Å². The molecule has 0 aromatic carbocycles. The number of amides is 1. The largest absolute Gasteiger partial charge is 0.394 e. The molecule has 3 rings (SSSR count). The van der Waals surface area contributed by atoms with Crippen molar-refractivity contribution in [1.82, 2.24) is 5.32 Å². The van der Waals surface area contributed by atoms with Gasteiger partial charge < -0.3 is 49.1 Å². The summed E-state index contributed by atoms with van der Waals surface area (Å²) in [6.07, 6.45) is -7.74. The number of nitrogens with one attached hydrogen (secondary N) is 1. The van der Waals surface area contributed by atoms with Crippen LogP contribution in [0.4, 0.5) is 0 Å². The Labute approximate surface area is 210 Å². The molecule has 10 atom stereocenters. The molecular weight excluding hydrogens is 462 g/mol. The Balaban J connectivity index is 1.85. The smallest absolute Gasteiger partial charge is 0.256 e. The zero-order valence-corrected chi connectivity index (χ0v) is 20.9. The summed E-state index contributed by atoms with van der Waals surface area (Å²) < 4.78 is 57.2. The lowest BCUT2D eigenvalue weighted by Gasteiger charge is -2.54. The van der Waals surface area contributed by atoms with Crippen LogP contribution < -0.4 is 5.32 Å². The van der Waals surface area contributed by atoms with Gasteiger partial charge >= 0.3 is 0 Å². The third kappa shape index (κ3) is 5.43. The van der Waals surface area contributed by atoms with Crippen molar-refractivity contribution in [3.63, 3.8) is 0 Å². The molecule has 11 heteroatoms. The lowest BCUT2D eigenvalue weighted by atomic mass is 9.72. The van der Waals surface area contributed by atoms with E-state index in [1.807, 2.05) is 20.8 Å². The van der Waals surface area contributed by atoms with Gasteiger partial charge in [0.05, 0.1) is 35.1 Å². The van der Waals surface area contributed by atoms with Gasteiger partial charge in [0.1, 0.15) is 19.0 Å². The number of methoxy groups -OCH3 is 2. The fourth-order valence-corrected chi connectivity index (χ4v) is 5.14. The lowest BCUT2D eigenvalue weighted by molar-refractivity contribution is -0.333. The van der Waals surface area contributed by atoms with Crippen LogP contribution in [0.25, 0.3) is 0 Å². The molecular formula is C24H41NO10. The van der Waals surface area contributed by atoms with E-state index in [1.165, 1.54) is 7.11 Å². The first-order valence-electron chi connectivity index (χ1n) is 13.3. The Hall–Kier alpha value is -1.15. The lowest BCUT2D eigenvalue weighted by Crippen LogP contribution is -2.69. The van der Waals surface area contributed by atoms with E-state index in [-0.39, 0.29) is 25.6 Å². The zero-order chi connectivity index (χ0) is 28.6. The molecule has 0 aromatic rings. The summed E-state index contributed by atoms with van der Waals surface area (Å²) >= 11 is 0. The van der Waals surface area contributed by atoms with Crippen LogP contribution >= 0.6 is 0 Å². The molecule has 0 spiro atoms. The summed E-state index contributed by atoms with van der Waals surface area (Å²) in [7, 11) is -1.47. The summed E-state index contributed by atoms with van der Waals surface area (Å²) in [6, 6.07) is 0. The van der Waals surface area contributed by atoms with Gasteiger partial charge in [-0.1, -0.05) is 32.9 Å². The van der Waals surface area contributed by atoms with Gasteiger partial charge in [-0.05, 0) is 6.92 Å². The van der Waals surface area contributed by atoms with Crippen LogP contribution in [0.3, 0.4) is 0 Å². The second-order valence-electron chi connectivity index (χ2n) is 10.2. The highest BCUT2D eigenvalue weighted by Crippen LogP contribution is 2.44. The van der Waals surface area contributed by atoms with Crippen LogP contribution in [-0.2, 0) is 33.2 Å². The number of fused-ring (bicyclic) bond motifs is 1. The highest BCUT2D eigenvalue weighted by atomic mass is 16.7. The zero-order valence-electron chi connectivity index (χ0n) is 23.9. The Morgan fingerprint density at radius 2 is 2.03 bits per heavy atom. The number of aliphatic hydroxyl groups excluding tert-OH is 3. The molecule has 0 aliphatic carbocycles. The molecule has 3 aliphatic rings. The van der Waals surface area contributed by atoms with E-state index >= 15 is 0 Å². The molecule has 0 bridgehead atoms. The molecule has 202 valence electrons. The fourth-order valence-electron chi connectivity index (χ4n) is 5.14. The van der Waals surface area contributed by atoms with Crippen molar-refractivity contribution in [2.24, 2.45) is 11.3 Å². The monoisotopic (exact) mass is 506 g/mol. The molecule has 3 heterocycles. The Morgan fingerprint density at radius 1 is 1.31 bits per heavy atom. The summed E-state index contributed by atoms with van der Waals surface area (Å²) in [6.45, 7) is 10.6. The highest BCUT2D eigenvalue weighted by Gasteiger charge is 2.57. The summed E-state index contributed by atoms with van der Waals surface area (Å²) in [5.41, 5.74) is -0.0913. The topological polar surface area (TPSA) is 145 Å². The van der Waals surface area contributed by atoms with Gasteiger partial charge in [-0.3, -0.25) is 4.79 Å². The molecule has 1 amide bonds. The van der Waals surface area contributed by atoms with Gasteiger partial charge in [0.15, 0.2) is 12.3 Å². The maximum atomic E-state index is 13.3. The van der Waals surface area contributed by atoms with Gasteiger partial charge in [-0.25, -0.2) is 0 Å². The Kier molecular flexibility index (Phi) is 7.66. The number of carbonyl (C=O) groups excluding carboxylic acids is 1. The maximum Gasteiger partial charge on any atom is 0.256 e. The highest BCUT2D eigenvalue weighted by molar-refractivity contribution is 5.82. The van der Waals surface area contributed by atoms with E-state index in [2.05, 4.69) is 11.9 Å². The van der Waals surface area contributed by atoms with Crippen molar-refractivity contribution in [1.29, 1.82) is 0 Å². The summed E-state index contributed by atoms with van der Waals surface area (Å²) in [5, 5.41) is 33.1. The second-order valence-corrected chi connectivity index (χ2v) is 10.2. The molecule has 35 heavy (non-hydrogen) atoms. The average Bonchev–Trinajstić information content (AvgIpc) is 2.81. The van der Waals surface area contributed by atoms with Crippen LogP contribution in [0, 0.1) is 11.3 Å². The van der Waals surface area contributed by atoms with E-state index in [9.17, 15) is 20.1 Å². The predicted octanol–water partition coefficient (Wildman–Crippen LogP) is 0.0582. The molecule has 3 saturated heterocycles. The predicted molar refractivity (Wildman–Crippen MR) is 123 cm³/mol. The minimum atomic E-state index is -2.98. The first-order valence-corrected chi connectivity index (χ1v) is 11.8. The molecule has 3 aliphatic heterocycles. The van der Waals surface area contributed by atoms with Gasteiger partial charge in [-0.15, -0.1) is 0 Å². The molecule has 0 aromatic heterocycles. The van der Waals surface area contributed by atoms with Crippen LogP contribution in [0.15, 0.2) is 12.2 Å². The third-order valence-corrected chi connectivity index (χ3v) is 7.59. The molecule has 0 unspecified atom stereocenters. The first kappa shape index (κ1) is 24.2. The second kappa shape index (κ2) is 11.1. The van der Waals surface area contributed by atoms with E-state index < -0.39 is 79.7 Å². The average molecular weight is 507 g/mol. The fraction of sp³-hybridized carbons (Fsp3) is 0.875. The van der Waals surface area contributed by atoms with Crippen LogP contribution in [-0.4, -0.2) is 104 Å². The molecule has 11 nitrogen and oxygen atoms in total. The van der Waals surface area contributed by atoms with E-state index in [4.69, 9.17) is 32.5 Å². The molecule has 4 N–H and O–H groups in total. The van der Waals surface area contributed by atoms with E-state index in [0.717, 1.165) is 0 Å². The minimum Gasteiger partial charge on any atom is -0.394 e. The van der Waals surface area contributed by atoms with Crippen molar-refractivity contribution >= 4 is 5.91 Å². The Morgan fingerprint density at radius 3 is 2.63 bits per heavy atom. The van der Waals surface area contributed by atoms with Crippen molar-refractivity contribution in [3.8, 4) is 0 Å². The quantitative estimate of drug-likeness (QED) is 0.333. The normalized spacial score (nSPS) is 42.7. The molecule has 0 saturated carbocycles. The minimum absolute atomic E-state index is 0.0808. The van der Waals surface area contributed by atoms with Crippen LogP contribution in [0.1, 0.15) is 44.6 Å². The summed E-state index contributed by atoms with van der Waals surface area (Å²) in [4.78, 5) is 13.3. The number of aliphatic hydroxyl groups is 3. The molecule has 3 fully saturated rings. The van der Waals surface area contributed by atoms with Crippen molar-refractivity contribution in [2.75, 3.05) is 27.5 Å². The third-order valence-electron chi connectivity index (χ3n) is 7.59. The number of hydrogen-bond donors (Lipinski definition) is 4. The standard InChI is InChI=1S/C24H41NO10/c1-12-9-24(31-7,35-14(3)13(12)2)19(28)21(29)25-22-18-17(32-11-33-22)20(30-6)23(4,5)16(34-18)8-15(27)10-26/h13-20,22,26-28H,1,8-11H2,2-7H3,(H,25,29)/t13-,14-,15-,16-,17+,18+,19-,20-,22-,24-/m1/s1/i7D3. The molecule has 0 radical (unpaired) electrons. The SMILES string of the molecule is [2H]C([2H])([2H])O[C@]1([C@H](O)C(=O)N[C@@H]2OCO[C@H]3[C@@H]2O[C@H](C[C@@H](O)CO)C(C)(C)[C@@H]3OC)CC(=C)[C@@H](C)[C@@H](C)O1. The van der Waals surface area contributed by atoms with Gasteiger partial charge in [0.25, 0.3) is 5.91 Å². The number of rotatable bonds is 8. The van der Waals surface area contributed by atoms with Gasteiger partial charge in [0.2, 0.25) is 5.79 Å². The van der Waals surface area contributed by atoms with Crippen molar-refractivity contribution in [3.05, 3.63) is 12.2 Å². The number of carbonyl (C=O) groups is 1. The maximum absolute atomic E-state index is 13.3. The van der Waals surface area contributed by atoms with Crippen LogP contribution in [0.5, 0.6) is 0 Å². The van der Waals surface area contributed by atoms with Crippen LogP contribution in [0.2, 0.25) is 0 Å². The van der Waals surface area contributed by atoms with E-state index in [1.54, 1.807) is 6.92 Å². The number of ether oxygens (including phenoxy) is 6. The van der Waals surface area contributed by atoms with Gasteiger partial charge in [-0.2, -0.15) is 0 Å².